The Morgan fingerprint density at radius 3 is 2.85 bits per heavy atom. The summed E-state index contributed by atoms with van der Waals surface area (Å²) in [5.41, 5.74) is 1.97. The van der Waals surface area contributed by atoms with Crippen LogP contribution in [0.2, 0.25) is 5.02 Å². The molecule has 0 saturated heterocycles. The van der Waals surface area contributed by atoms with Gasteiger partial charge in [-0.05, 0) is 63.8 Å². The zero-order valence-electron chi connectivity index (χ0n) is 16.2. The number of rotatable bonds is 11. The zero-order valence-corrected chi connectivity index (χ0v) is 18.5. The van der Waals surface area contributed by atoms with Crippen LogP contribution in [0.15, 0.2) is 30.5 Å². The lowest BCUT2D eigenvalue weighted by Gasteiger charge is -2.22. The second kappa shape index (κ2) is 11.5. The number of hydrogen-bond acceptors (Lipinski definition) is 3. The number of carbonyl (C=O) groups excluding carboxylic acids is 1. The standard InChI is InChI=1S/C21H29BrClN3O/c1-3-26(21(27)8-4-5-12-22)14-6-7-16(2)25-19-11-13-24-20-15-17(23)9-10-18(19)20/h9-11,13,15-16H,3-8,12,14H2,1-2H3,(H,24,25). The predicted molar refractivity (Wildman–Crippen MR) is 119 cm³/mol. The number of unbranched alkanes of at least 4 members (excludes halogenated alkanes) is 1. The summed E-state index contributed by atoms with van der Waals surface area (Å²) in [6.45, 7) is 5.83. The Morgan fingerprint density at radius 2 is 2.11 bits per heavy atom. The van der Waals surface area contributed by atoms with Gasteiger partial charge < -0.3 is 10.2 Å². The summed E-state index contributed by atoms with van der Waals surface area (Å²) >= 11 is 9.47. The largest absolute Gasteiger partial charge is 0.382 e. The maximum absolute atomic E-state index is 12.3. The van der Waals surface area contributed by atoms with E-state index in [2.05, 4.69) is 40.1 Å². The molecule has 0 fully saturated rings. The Morgan fingerprint density at radius 1 is 1.30 bits per heavy atom. The van der Waals surface area contributed by atoms with Gasteiger partial charge in [-0.2, -0.15) is 0 Å². The summed E-state index contributed by atoms with van der Waals surface area (Å²) in [6.07, 6.45) is 6.45. The molecule has 2 rings (SSSR count). The minimum Gasteiger partial charge on any atom is -0.382 e. The highest BCUT2D eigenvalue weighted by Crippen LogP contribution is 2.25. The highest BCUT2D eigenvalue weighted by molar-refractivity contribution is 9.09. The molecule has 1 aromatic carbocycles. The van der Waals surface area contributed by atoms with Crippen LogP contribution in [-0.4, -0.2) is 40.3 Å². The van der Waals surface area contributed by atoms with Crippen molar-refractivity contribution in [3.05, 3.63) is 35.5 Å². The summed E-state index contributed by atoms with van der Waals surface area (Å²) in [7, 11) is 0. The molecule has 0 aliphatic rings. The van der Waals surface area contributed by atoms with Gasteiger partial charge in [-0.3, -0.25) is 9.78 Å². The lowest BCUT2D eigenvalue weighted by Crippen LogP contribution is -2.32. The number of fused-ring (bicyclic) bond motifs is 1. The molecule has 2 aromatic rings. The van der Waals surface area contributed by atoms with Crippen molar-refractivity contribution in [2.75, 3.05) is 23.7 Å². The van der Waals surface area contributed by atoms with Crippen LogP contribution in [0.1, 0.15) is 46.0 Å². The molecule has 0 saturated carbocycles. The number of anilines is 1. The molecule has 0 aliphatic heterocycles. The van der Waals surface area contributed by atoms with Gasteiger partial charge in [0.1, 0.15) is 0 Å². The number of amides is 1. The Hall–Kier alpha value is -1.33. The third-order valence-corrected chi connectivity index (χ3v) is 5.48. The summed E-state index contributed by atoms with van der Waals surface area (Å²) in [4.78, 5) is 18.6. The van der Waals surface area contributed by atoms with Crippen LogP contribution >= 0.6 is 27.5 Å². The van der Waals surface area contributed by atoms with Crippen LogP contribution in [0, 0.1) is 0 Å². The van der Waals surface area contributed by atoms with Crippen LogP contribution in [-0.2, 0) is 4.79 Å². The second-order valence-corrected chi connectivity index (χ2v) is 8.06. The first-order valence-electron chi connectivity index (χ1n) is 9.69. The average molecular weight is 455 g/mol. The number of benzene rings is 1. The summed E-state index contributed by atoms with van der Waals surface area (Å²) < 4.78 is 0. The van der Waals surface area contributed by atoms with Crippen LogP contribution < -0.4 is 5.32 Å². The van der Waals surface area contributed by atoms with Gasteiger partial charge in [-0.1, -0.05) is 27.5 Å². The Bertz CT molecular complexity index is 740. The highest BCUT2D eigenvalue weighted by Gasteiger charge is 2.12. The highest BCUT2D eigenvalue weighted by atomic mass is 79.9. The Kier molecular flexibility index (Phi) is 9.35. The molecule has 0 aliphatic carbocycles. The summed E-state index contributed by atoms with van der Waals surface area (Å²) in [5.74, 6) is 0.274. The van der Waals surface area contributed by atoms with Crippen molar-refractivity contribution in [3.63, 3.8) is 0 Å². The molecule has 0 spiro atoms. The monoisotopic (exact) mass is 453 g/mol. The van der Waals surface area contributed by atoms with Gasteiger partial charge in [0.05, 0.1) is 5.52 Å². The van der Waals surface area contributed by atoms with Crippen molar-refractivity contribution in [3.8, 4) is 0 Å². The van der Waals surface area contributed by atoms with Crippen LogP contribution in [0.4, 0.5) is 5.69 Å². The molecule has 148 valence electrons. The fraction of sp³-hybridized carbons (Fsp3) is 0.524. The topological polar surface area (TPSA) is 45.2 Å². The normalized spacial score (nSPS) is 12.1. The molecule has 27 heavy (non-hydrogen) atoms. The Balaban J connectivity index is 1.84. The molecule has 6 heteroatoms. The van der Waals surface area contributed by atoms with Gasteiger partial charge in [-0.15, -0.1) is 0 Å². The first-order valence-corrected chi connectivity index (χ1v) is 11.2. The Labute approximate surface area is 175 Å². The maximum Gasteiger partial charge on any atom is 0.222 e. The van der Waals surface area contributed by atoms with E-state index in [4.69, 9.17) is 11.6 Å². The van der Waals surface area contributed by atoms with Crippen molar-refractivity contribution >= 4 is 50.0 Å². The number of nitrogens with zero attached hydrogens (tertiary/aromatic N) is 2. The van der Waals surface area contributed by atoms with Crippen LogP contribution in [0.25, 0.3) is 10.9 Å². The van der Waals surface area contributed by atoms with E-state index >= 15 is 0 Å². The average Bonchev–Trinajstić information content (AvgIpc) is 2.65. The molecule has 1 aromatic heterocycles. The lowest BCUT2D eigenvalue weighted by atomic mass is 10.1. The summed E-state index contributed by atoms with van der Waals surface area (Å²) in [6, 6.07) is 8.09. The molecular weight excluding hydrogens is 426 g/mol. The smallest absolute Gasteiger partial charge is 0.222 e. The van der Waals surface area contributed by atoms with Crippen LogP contribution in [0.3, 0.4) is 0 Å². The molecule has 0 radical (unpaired) electrons. The van der Waals surface area contributed by atoms with E-state index in [1.165, 1.54) is 0 Å². The van der Waals surface area contributed by atoms with Gasteiger partial charge >= 0.3 is 0 Å². The number of alkyl halides is 1. The first kappa shape index (κ1) is 22.0. The quantitative estimate of drug-likeness (QED) is 0.340. The zero-order chi connectivity index (χ0) is 19.6. The molecule has 1 atom stereocenters. The second-order valence-electron chi connectivity index (χ2n) is 6.83. The first-order chi connectivity index (χ1) is 13.0. The minimum atomic E-state index is 0.274. The minimum absolute atomic E-state index is 0.274. The van der Waals surface area contributed by atoms with Gasteiger partial charge in [-0.25, -0.2) is 0 Å². The van der Waals surface area contributed by atoms with Gasteiger partial charge in [0.2, 0.25) is 5.91 Å². The van der Waals surface area contributed by atoms with Gasteiger partial charge in [0, 0.05) is 53.2 Å². The number of halogens is 2. The van der Waals surface area contributed by atoms with Gasteiger partial charge in [0.25, 0.3) is 0 Å². The van der Waals surface area contributed by atoms with E-state index < -0.39 is 0 Å². The SMILES string of the molecule is CCN(CCCC(C)Nc1ccnc2cc(Cl)ccc12)C(=O)CCCCBr. The number of nitrogens with one attached hydrogen (secondary N) is 1. The fourth-order valence-electron chi connectivity index (χ4n) is 3.16. The van der Waals surface area contributed by atoms with E-state index in [1.54, 1.807) is 6.20 Å². The van der Waals surface area contributed by atoms with Crippen molar-refractivity contribution in [1.29, 1.82) is 0 Å². The van der Waals surface area contributed by atoms with E-state index in [-0.39, 0.29) is 5.91 Å². The molecule has 1 N–H and O–H groups in total. The fourth-order valence-corrected chi connectivity index (χ4v) is 3.72. The van der Waals surface area contributed by atoms with E-state index in [0.29, 0.717) is 17.5 Å². The molecular formula is C21H29BrClN3O. The number of carbonyl (C=O) groups is 1. The molecule has 4 nitrogen and oxygen atoms in total. The predicted octanol–water partition coefficient (Wildman–Crippen LogP) is 5.88. The lowest BCUT2D eigenvalue weighted by molar-refractivity contribution is -0.131. The maximum atomic E-state index is 12.3. The van der Waals surface area contributed by atoms with Crippen LogP contribution in [0.5, 0.6) is 0 Å². The van der Waals surface area contributed by atoms with E-state index in [9.17, 15) is 4.79 Å². The number of pyridine rings is 1. The third kappa shape index (κ3) is 6.96. The molecule has 0 bridgehead atoms. The number of aromatic nitrogens is 1. The van der Waals surface area contributed by atoms with E-state index in [1.807, 2.05) is 29.2 Å². The molecule has 1 unspecified atom stereocenters. The molecule has 1 heterocycles. The van der Waals surface area contributed by atoms with E-state index in [0.717, 1.165) is 60.7 Å². The molecule has 1 amide bonds. The van der Waals surface area contributed by atoms with Crippen molar-refractivity contribution in [1.82, 2.24) is 9.88 Å². The van der Waals surface area contributed by atoms with Crippen molar-refractivity contribution < 1.29 is 4.79 Å². The van der Waals surface area contributed by atoms with Gasteiger partial charge in [0.15, 0.2) is 0 Å². The van der Waals surface area contributed by atoms with Crippen molar-refractivity contribution in [2.45, 2.75) is 52.0 Å². The van der Waals surface area contributed by atoms with Crippen molar-refractivity contribution in [2.24, 2.45) is 0 Å². The third-order valence-electron chi connectivity index (χ3n) is 4.68. The number of hydrogen-bond donors (Lipinski definition) is 1. The summed E-state index contributed by atoms with van der Waals surface area (Å²) in [5, 5.41) is 6.31.